The van der Waals surface area contributed by atoms with Crippen LogP contribution in [0.2, 0.25) is 0 Å². The third kappa shape index (κ3) is 4.28. The summed E-state index contributed by atoms with van der Waals surface area (Å²) in [6.45, 7) is 8.26. The maximum Gasteiger partial charge on any atom is 0.146 e. The minimum Gasteiger partial charge on any atom is -0.367 e. The van der Waals surface area contributed by atoms with E-state index < -0.39 is 10.8 Å². The van der Waals surface area contributed by atoms with Crippen LogP contribution in [-0.4, -0.2) is 34.3 Å². The first kappa shape index (κ1) is 15.4. The van der Waals surface area contributed by atoms with E-state index in [1.54, 1.807) is 6.07 Å². The number of hydrogen-bond acceptors (Lipinski definition) is 3. The minimum absolute atomic E-state index is 0.0199. The van der Waals surface area contributed by atoms with E-state index in [9.17, 15) is 8.60 Å². The fraction of sp³-hybridized carbons (Fsp3) is 0.600. The summed E-state index contributed by atoms with van der Waals surface area (Å²) in [4.78, 5) is 1.98. The first-order valence-electron chi connectivity index (χ1n) is 6.98. The first-order valence-corrected chi connectivity index (χ1v) is 8.47. The summed E-state index contributed by atoms with van der Waals surface area (Å²) in [5, 5.41) is 3.35. The van der Waals surface area contributed by atoms with Crippen molar-refractivity contribution in [2.75, 3.05) is 29.5 Å². The van der Waals surface area contributed by atoms with Gasteiger partial charge < -0.3 is 10.2 Å². The normalized spacial score (nSPS) is 17.5. The van der Waals surface area contributed by atoms with Crippen LogP contribution >= 0.6 is 0 Å². The Bertz CT molecular complexity index is 489. The molecule has 0 unspecified atom stereocenters. The molecule has 1 fully saturated rings. The van der Waals surface area contributed by atoms with Crippen molar-refractivity contribution in [2.24, 2.45) is 0 Å². The van der Waals surface area contributed by atoms with Gasteiger partial charge in [-0.3, -0.25) is 4.21 Å². The second-order valence-electron chi connectivity index (χ2n) is 6.22. The van der Waals surface area contributed by atoms with Gasteiger partial charge in [0.1, 0.15) is 5.82 Å². The molecule has 0 atom stereocenters. The van der Waals surface area contributed by atoms with Crippen molar-refractivity contribution < 1.29 is 8.60 Å². The monoisotopic (exact) mass is 298 g/mol. The predicted octanol–water partition coefficient (Wildman–Crippen LogP) is 2.28. The molecule has 0 radical (unpaired) electrons. The van der Waals surface area contributed by atoms with Gasteiger partial charge in [0, 0.05) is 47.5 Å². The van der Waals surface area contributed by atoms with E-state index in [0.717, 1.165) is 5.56 Å². The Morgan fingerprint density at radius 3 is 2.50 bits per heavy atom. The molecule has 1 saturated heterocycles. The van der Waals surface area contributed by atoms with Gasteiger partial charge in [0.05, 0.1) is 5.69 Å². The molecule has 1 aromatic rings. The Kier molecular flexibility index (Phi) is 4.81. The largest absolute Gasteiger partial charge is 0.367 e. The van der Waals surface area contributed by atoms with Gasteiger partial charge in [-0.15, -0.1) is 0 Å². The molecule has 1 N–H and O–H groups in total. The molecule has 0 spiro atoms. The molecule has 0 amide bonds. The lowest BCUT2D eigenvalue weighted by Gasteiger charge is -2.29. The molecular weight excluding hydrogens is 275 g/mol. The second-order valence-corrected chi connectivity index (χ2v) is 7.92. The summed E-state index contributed by atoms with van der Waals surface area (Å²) in [5.74, 6) is 1.07. The first-order chi connectivity index (χ1) is 9.35. The zero-order valence-electron chi connectivity index (χ0n) is 12.4. The van der Waals surface area contributed by atoms with E-state index in [1.165, 1.54) is 0 Å². The third-order valence-corrected chi connectivity index (χ3v) is 4.63. The molecule has 0 bridgehead atoms. The van der Waals surface area contributed by atoms with E-state index >= 15 is 0 Å². The predicted molar refractivity (Wildman–Crippen MR) is 83.1 cm³/mol. The van der Waals surface area contributed by atoms with Crippen LogP contribution in [0.1, 0.15) is 26.3 Å². The van der Waals surface area contributed by atoms with Crippen LogP contribution in [0.25, 0.3) is 0 Å². The molecule has 3 nitrogen and oxygen atoms in total. The van der Waals surface area contributed by atoms with Crippen molar-refractivity contribution in [1.29, 1.82) is 0 Å². The van der Waals surface area contributed by atoms with E-state index in [4.69, 9.17) is 0 Å². The third-order valence-electron chi connectivity index (χ3n) is 3.35. The second kappa shape index (κ2) is 6.22. The van der Waals surface area contributed by atoms with Gasteiger partial charge in [-0.2, -0.15) is 0 Å². The van der Waals surface area contributed by atoms with Crippen LogP contribution < -0.4 is 10.2 Å². The highest BCUT2D eigenvalue weighted by molar-refractivity contribution is 7.85. The van der Waals surface area contributed by atoms with Gasteiger partial charge in [0.15, 0.2) is 0 Å². The van der Waals surface area contributed by atoms with Crippen LogP contribution in [0.15, 0.2) is 18.2 Å². The topological polar surface area (TPSA) is 32.3 Å². The molecule has 0 saturated carbocycles. The highest BCUT2D eigenvalue weighted by Gasteiger charge is 2.18. The summed E-state index contributed by atoms with van der Waals surface area (Å²) >= 11 is 0. The summed E-state index contributed by atoms with van der Waals surface area (Å²) in [6.07, 6.45) is 0. The van der Waals surface area contributed by atoms with Gasteiger partial charge in [-0.05, 0) is 38.5 Å². The molecule has 2 rings (SSSR count). The molecule has 0 aliphatic carbocycles. The number of nitrogens with one attached hydrogen (secondary N) is 1. The SMILES string of the molecule is CC(C)(C)NCc1ccc(N2CCS(=O)CC2)c(F)c1. The summed E-state index contributed by atoms with van der Waals surface area (Å²) in [5.41, 5.74) is 1.59. The lowest BCUT2D eigenvalue weighted by Crippen LogP contribution is -2.38. The van der Waals surface area contributed by atoms with Gasteiger partial charge in [-0.1, -0.05) is 6.07 Å². The average Bonchev–Trinajstić information content (AvgIpc) is 2.37. The molecule has 0 aromatic heterocycles. The van der Waals surface area contributed by atoms with Crippen molar-refractivity contribution in [1.82, 2.24) is 5.32 Å². The summed E-state index contributed by atoms with van der Waals surface area (Å²) in [6, 6.07) is 5.39. The Hall–Kier alpha value is -0.940. The molecule has 20 heavy (non-hydrogen) atoms. The number of anilines is 1. The standard InChI is InChI=1S/C15H23FN2OS/c1-15(2,3)17-11-12-4-5-14(13(16)10-12)18-6-8-20(19)9-7-18/h4-5,10,17H,6-9,11H2,1-3H3. The molecular formula is C15H23FN2OS. The molecule has 1 aliphatic heterocycles. The smallest absolute Gasteiger partial charge is 0.146 e. The van der Waals surface area contributed by atoms with Crippen LogP contribution in [0.3, 0.4) is 0 Å². The van der Waals surface area contributed by atoms with E-state index in [0.29, 0.717) is 36.8 Å². The number of nitrogens with zero attached hydrogens (tertiary/aromatic N) is 1. The molecule has 1 aromatic carbocycles. The Balaban J connectivity index is 2.04. The Labute approximate surface area is 123 Å². The number of halogens is 1. The fourth-order valence-corrected chi connectivity index (χ4v) is 3.22. The van der Waals surface area contributed by atoms with Crippen molar-refractivity contribution >= 4 is 16.5 Å². The van der Waals surface area contributed by atoms with Crippen molar-refractivity contribution in [3.8, 4) is 0 Å². The van der Waals surface area contributed by atoms with Crippen molar-refractivity contribution in [3.05, 3.63) is 29.6 Å². The molecule has 1 aliphatic rings. The highest BCUT2D eigenvalue weighted by atomic mass is 32.2. The molecule has 112 valence electrons. The number of rotatable bonds is 3. The van der Waals surface area contributed by atoms with E-state index in [-0.39, 0.29) is 11.4 Å². The quantitative estimate of drug-likeness (QED) is 0.929. The van der Waals surface area contributed by atoms with E-state index in [2.05, 4.69) is 26.1 Å². The van der Waals surface area contributed by atoms with Gasteiger partial charge in [0.2, 0.25) is 0 Å². The number of hydrogen-bond donors (Lipinski definition) is 1. The zero-order chi connectivity index (χ0) is 14.8. The van der Waals surface area contributed by atoms with E-state index in [1.807, 2.05) is 17.0 Å². The highest BCUT2D eigenvalue weighted by Crippen LogP contribution is 2.22. The lowest BCUT2D eigenvalue weighted by atomic mass is 10.1. The Morgan fingerprint density at radius 2 is 1.95 bits per heavy atom. The average molecular weight is 298 g/mol. The summed E-state index contributed by atoms with van der Waals surface area (Å²) < 4.78 is 25.5. The van der Waals surface area contributed by atoms with Gasteiger partial charge in [-0.25, -0.2) is 4.39 Å². The van der Waals surface area contributed by atoms with Gasteiger partial charge >= 0.3 is 0 Å². The van der Waals surface area contributed by atoms with Crippen LogP contribution in [0.5, 0.6) is 0 Å². The van der Waals surface area contributed by atoms with Crippen LogP contribution in [0, 0.1) is 5.82 Å². The molecule has 1 heterocycles. The lowest BCUT2D eigenvalue weighted by molar-refractivity contribution is 0.423. The van der Waals surface area contributed by atoms with Gasteiger partial charge in [0.25, 0.3) is 0 Å². The summed E-state index contributed by atoms with van der Waals surface area (Å²) in [7, 11) is -0.733. The molecule has 5 heteroatoms. The van der Waals surface area contributed by atoms with Crippen LogP contribution in [-0.2, 0) is 17.3 Å². The maximum absolute atomic E-state index is 14.2. The number of benzene rings is 1. The Morgan fingerprint density at radius 1 is 1.30 bits per heavy atom. The maximum atomic E-state index is 14.2. The zero-order valence-corrected chi connectivity index (χ0v) is 13.2. The minimum atomic E-state index is -0.733. The van der Waals surface area contributed by atoms with Crippen molar-refractivity contribution in [2.45, 2.75) is 32.9 Å². The van der Waals surface area contributed by atoms with Crippen molar-refractivity contribution in [3.63, 3.8) is 0 Å². The fourth-order valence-electron chi connectivity index (χ4n) is 2.16. The van der Waals surface area contributed by atoms with Crippen LogP contribution in [0.4, 0.5) is 10.1 Å².